The molecule has 5 rings (SSSR count). The number of hydrogen-bond acceptors (Lipinski definition) is 4. The number of benzene rings is 1. The number of anilines is 1. The Bertz CT molecular complexity index is 859. The number of likely N-dealkylation sites (N-methyl/N-ethyl adjacent to an activating group) is 1. The van der Waals surface area contributed by atoms with Gasteiger partial charge < -0.3 is 19.8 Å². The fraction of sp³-hybridized carbons (Fsp3) is 0.652. The van der Waals surface area contributed by atoms with E-state index in [4.69, 9.17) is 14.9 Å². The first-order chi connectivity index (χ1) is 13.1. The molecule has 0 unspecified atom stereocenters. The molecule has 2 aliphatic heterocycles. The molecule has 0 saturated carbocycles. The predicted octanol–water partition coefficient (Wildman–Crippen LogP) is 4.10. The maximum Gasteiger partial charge on any atom is 0.193 e. The Morgan fingerprint density at radius 3 is 2.71 bits per heavy atom. The number of nitrogen functional groups attached to an aromatic ring is 1. The summed E-state index contributed by atoms with van der Waals surface area (Å²) < 4.78 is 13.6. The van der Waals surface area contributed by atoms with Crippen molar-refractivity contribution in [3.05, 3.63) is 35.4 Å². The second kappa shape index (κ2) is 5.64. The normalized spacial score (nSPS) is 36.2. The lowest BCUT2D eigenvalue weighted by molar-refractivity contribution is -0.0411. The fourth-order valence-electron chi connectivity index (χ4n) is 5.87. The molecule has 0 amide bonds. The average molecular weight is 399 g/mol. The minimum Gasteiger partial charge on any atom is -0.484 e. The van der Waals surface area contributed by atoms with Crippen molar-refractivity contribution < 1.29 is 9.16 Å². The number of likely N-dealkylation sites (tertiary alicyclic amines) is 1. The van der Waals surface area contributed by atoms with Crippen molar-refractivity contribution in [3.8, 4) is 5.75 Å². The number of nitrogens with two attached hydrogens (primary N) is 1. The van der Waals surface area contributed by atoms with Crippen LogP contribution in [0.3, 0.4) is 0 Å². The van der Waals surface area contributed by atoms with Gasteiger partial charge in [0, 0.05) is 22.9 Å². The monoisotopic (exact) mass is 398 g/mol. The van der Waals surface area contributed by atoms with Gasteiger partial charge in [0.05, 0.1) is 5.69 Å². The highest BCUT2D eigenvalue weighted by atomic mass is 28.4. The number of rotatable bonds is 2. The highest BCUT2D eigenvalue weighted by molar-refractivity contribution is 6.74. The second-order valence-electron chi connectivity index (χ2n) is 10.9. The van der Waals surface area contributed by atoms with Crippen molar-refractivity contribution in [3.63, 3.8) is 0 Å². The van der Waals surface area contributed by atoms with Gasteiger partial charge in [-0.15, -0.1) is 0 Å². The summed E-state index contributed by atoms with van der Waals surface area (Å²) in [5.41, 5.74) is 10.0. The summed E-state index contributed by atoms with van der Waals surface area (Å²) >= 11 is 0. The van der Waals surface area contributed by atoms with Crippen LogP contribution in [0, 0.1) is 5.92 Å². The number of nitrogens with zero attached hydrogens (tertiary/aromatic N) is 1. The van der Waals surface area contributed by atoms with E-state index in [2.05, 4.69) is 64.0 Å². The average Bonchev–Trinajstić information content (AvgIpc) is 2.96. The zero-order valence-corrected chi connectivity index (χ0v) is 19.1. The van der Waals surface area contributed by atoms with E-state index in [1.807, 2.05) is 6.07 Å². The molecular weight excluding hydrogens is 364 g/mol. The minimum atomic E-state index is -1.92. The Labute approximate surface area is 170 Å². The van der Waals surface area contributed by atoms with Crippen LogP contribution in [0.4, 0.5) is 5.69 Å². The zero-order valence-electron chi connectivity index (χ0n) is 18.1. The number of piperidine rings is 1. The van der Waals surface area contributed by atoms with Crippen LogP contribution in [0.5, 0.6) is 5.75 Å². The highest BCUT2D eigenvalue weighted by Crippen LogP contribution is 2.62. The third-order valence-electron chi connectivity index (χ3n) is 8.42. The van der Waals surface area contributed by atoms with Crippen LogP contribution < -0.4 is 10.5 Å². The zero-order chi connectivity index (χ0) is 20.1. The van der Waals surface area contributed by atoms with Gasteiger partial charge in [-0.2, -0.15) is 0 Å². The van der Waals surface area contributed by atoms with Crippen LogP contribution in [0.15, 0.2) is 24.3 Å². The molecule has 2 bridgehead atoms. The van der Waals surface area contributed by atoms with Gasteiger partial charge in [0.15, 0.2) is 8.32 Å². The molecule has 4 nitrogen and oxygen atoms in total. The molecule has 152 valence electrons. The predicted molar refractivity (Wildman–Crippen MR) is 116 cm³/mol. The summed E-state index contributed by atoms with van der Waals surface area (Å²) in [6.45, 7) is 12.7. The van der Waals surface area contributed by atoms with Crippen LogP contribution in [-0.2, 0) is 16.3 Å². The highest BCUT2D eigenvalue weighted by Gasteiger charge is 2.64. The van der Waals surface area contributed by atoms with Gasteiger partial charge in [-0.1, -0.05) is 39.0 Å². The molecule has 2 N–H and O–H groups in total. The van der Waals surface area contributed by atoms with Crippen LogP contribution in [0.25, 0.3) is 0 Å². The molecule has 1 fully saturated rings. The molecule has 5 atom stereocenters. The van der Waals surface area contributed by atoms with Gasteiger partial charge in [0.2, 0.25) is 0 Å². The molecule has 1 spiro atoms. The van der Waals surface area contributed by atoms with Crippen molar-refractivity contribution in [2.24, 2.45) is 5.92 Å². The lowest BCUT2D eigenvalue weighted by Gasteiger charge is -2.57. The molecule has 5 heteroatoms. The van der Waals surface area contributed by atoms with Gasteiger partial charge in [-0.25, -0.2) is 0 Å². The van der Waals surface area contributed by atoms with E-state index in [-0.39, 0.29) is 22.7 Å². The summed E-state index contributed by atoms with van der Waals surface area (Å²) in [5, 5.41) is 0.173. The topological polar surface area (TPSA) is 47.7 Å². The Hall–Kier alpha value is -1.30. The second-order valence-corrected chi connectivity index (χ2v) is 15.6. The van der Waals surface area contributed by atoms with Gasteiger partial charge in [0.25, 0.3) is 0 Å². The lowest BCUT2D eigenvalue weighted by Crippen LogP contribution is -2.66. The van der Waals surface area contributed by atoms with Crippen LogP contribution in [0.1, 0.15) is 38.3 Å². The van der Waals surface area contributed by atoms with Crippen molar-refractivity contribution >= 4 is 14.0 Å². The molecular formula is C23H34N2O2Si. The van der Waals surface area contributed by atoms with E-state index in [0.29, 0.717) is 12.0 Å². The van der Waals surface area contributed by atoms with Crippen LogP contribution >= 0.6 is 0 Å². The Morgan fingerprint density at radius 1 is 1.25 bits per heavy atom. The van der Waals surface area contributed by atoms with Crippen molar-refractivity contribution in [1.82, 2.24) is 4.90 Å². The van der Waals surface area contributed by atoms with E-state index in [9.17, 15) is 0 Å². The molecule has 1 saturated heterocycles. The first-order valence-corrected chi connectivity index (χ1v) is 13.6. The first-order valence-electron chi connectivity index (χ1n) is 10.7. The van der Waals surface area contributed by atoms with E-state index in [1.165, 1.54) is 11.1 Å². The van der Waals surface area contributed by atoms with Crippen LogP contribution in [0.2, 0.25) is 18.1 Å². The van der Waals surface area contributed by atoms with Gasteiger partial charge in [0.1, 0.15) is 18.0 Å². The standard InChI is InChI=1S/C23H34N2O2Si/c1-22(2,3)28(5,6)27-18-10-8-15-17-13-14-7-9-16(24)20-19(14)23(15,21(18)26-20)11-12-25(17)4/h7-10,15,17-18,21H,11-13,24H2,1-6H3/t15-,17+,18-,21-,23-/m0/s1. The number of ether oxygens (including phenoxy) is 1. The molecule has 4 aliphatic rings. The molecule has 2 heterocycles. The lowest BCUT2D eigenvalue weighted by atomic mass is 9.53. The SMILES string of the molecule is CN1CC[C@]23c4c5ccc(N)c4O[C@H]2[C@@H](O[Si](C)(C)C(C)(C)C)C=C[C@H]3[C@H]1C5. The van der Waals surface area contributed by atoms with E-state index >= 15 is 0 Å². The molecule has 2 aliphatic carbocycles. The van der Waals surface area contributed by atoms with Gasteiger partial charge >= 0.3 is 0 Å². The van der Waals surface area contributed by atoms with E-state index in [1.54, 1.807) is 0 Å². The Balaban J connectivity index is 1.64. The summed E-state index contributed by atoms with van der Waals surface area (Å²) in [6.07, 6.45) is 7.00. The van der Waals surface area contributed by atoms with Crippen molar-refractivity contribution in [2.45, 2.75) is 75.4 Å². The summed E-state index contributed by atoms with van der Waals surface area (Å²) in [7, 11) is 0.358. The Kier molecular flexibility index (Phi) is 3.77. The molecule has 1 aromatic rings. The summed E-state index contributed by atoms with van der Waals surface area (Å²) in [6, 6.07) is 4.81. The van der Waals surface area contributed by atoms with Crippen molar-refractivity contribution in [2.75, 3.05) is 19.3 Å². The third kappa shape index (κ3) is 2.24. The maximum atomic E-state index is 6.93. The largest absolute Gasteiger partial charge is 0.484 e. The summed E-state index contributed by atoms with van der Waals surface area (Å²) in [5.74, 6) is 1.43. The van der Waals surface area contributed by atoms with Crippen LogP contribution in [-0.4, -0.2) is 45.1 Å². The van der Waals surface area contributed by atoms with E-state index < -0.39 is 8.32 Å². The van der Waals surface area contributed by atoms with Gasteiger partial charge in [-0.3, -0.25) is 0 Å². The van der Waals surface area contributed by atoms with Gasteiger partial charge in [-0.05, 0) is 56.2 Å². The Morgan fingerprint density at radius 2 is 2.00 bits per heavy atom. The molecule has 0 aromatic heterocycles. The quantitative estimate of drug-likeness (QED) is 0.463. The van der Waals surface area contributed by atoms with E-state index in [0.717, 1.165) is 30.8 Å². The molecule has 28 heavy (non-hydrogen) atoms. The first kappa shape index (κ1) is 18.7. The smallest absolute Gasteiger partial charge is 0.193 e. The summed E-state index contributed by atoms with van der Waals surface area (Å²) in [4.78, 5) is 2.55. The fourth-order valence-corrected chi connectivity index (χ4v) is 7.11. The number of hydrogen-bond donors (Lipinski definition) is 1. The molecule has 0 radical (unpaired) electrons. The maximum absolute atomic E-state index is 6.93. The van der Waals surface area contributed by atoms with Crippen molar-refractivity contribution in [1.29, 1.82) is 0 Å². The third-order valence-corrected chi connectivity index (χ3v) is 12.9. The molecule has 1 aromatic carbocycles. The minimum absolute atomic E-state index is 0.000974.